The third-order valence-electron chi connectivity index (χ3n) is 5.68. The van der Waals surface area contributed by atoms with Crippen molar-refractivity contribution in [1.29, 1.82) is 0 Å². The Morgan fingerprint density at radius 2 is 0.974 bits per heavy atom. The summed E-state index contributed by atoms with van der Waals surface area (Å²) in [6.07, 6.45) is -4.99. The Labute approximate surface area is 220 Å². The fraction of sp³-hybridized carbons (Fsp3) is 0.750. The van der Waals surface area contributed by atoms with E-state index in [1.807, 2.05) is 0 Å². The summed E-state index contributed by atoms with van der Waals surface area (Å²) >= 11 is 0. The van der Waals surface area contributed by atoms with Crippen LogP contribution in [0.2, 0.25) is 0 Å². The lowest BCUT2D eigenvalue weighted by Gasteiger charge is -2.34. The van der Waals surface area contributed by atoms with Crippen molar-refractivity contribution in [3.05, 3.63) is 0 Å². The highest BCUT2D eigenvalue weighted by molar-refractivity contribution is 5.87. The standard InChI is InChI=1S/C24H36N2O12/c1-13(27)35-19(21(37-15(3)29)23(31)25-11-17-7-5-9-33-17)20(36-14(2)28)22(38-16(4)30)24(32)26-12-18-8-6-10-34-18/h17-22H,5-12H2,1-4H3,(H,25,31)(H,26,32)/t17-,18+,19+,20-,21-,22-/m0/s1. The zero-order valence-corrected chi connectivity index (χ0v) is 22.0. The molecule has 14 nitrogen and oxygen atoms in total. The Morgan fingerprint density at radius 1 is 0.632 bits per heavy atom. The summed E-state index contributed by atoms with van der Waals surface area (Å²) in [6.45, 7) is 5.24. The van der Waals surface area contributed by atoms with Gasteiger partial charge in [0, 0.05) is 54.0 Å². The molecule has 2 rings (SSSR count). The molecular weight excluding hydrogens is 508 g/mol. The van der Waals surface area contributed by atoms with Crippen LogP contribution in [-0.2, 0) is 57.2 Å². The van der Waals surface area contributed by atoms with Crippen molar-refractivity contribution in [1.82, 2.24) is 10.6 Å². The quantitative estimate of drug-likeness (QED) is 0.220. The lowest BCUT2D eigenvalue weighted by atomic mass is 10.00. The Kier molecular flexibility index (Phi) is 12.4. The normalized spacial score (nSPS) is 21.8. The molecule has 2 heterocycles. The SMILES string of the molecule is CC(=O)O[C@H]([C@H](OC(C)=O)[C@H](OC(C)=O)C(=O)NC[C@H]1CCCO1)[C@H](OC(C)=O)C(=O)NC[C@@H]1CCCO1. The fourth-order valence-electron chi connectivity index (χ4n) is 4.12. The maximum atomic E-state index is 13.2. The number of esters is 4. The van der Waals surface area contributed by atoms with E-state index >= 15 is 0 Å². The van der Waals surface area contributed by atoms with E-state index < -0.39 is 60.1 Å². The smallest absolute Gasteiger partial charge is 0.303 e. The van der Waals surface area contributed by atoms with Crippen molar-refractivity contribution in [3.63, 3.8) is 0 Å². The van der Waals surface area contributed by atoms with Crippen LogP contribution in [-0.4, -0.2) is 98.6 Å². The van der Waals surface area contributed by atoms with Gasteiger partial charge in [0.05, 0.1) is 12.2 Å². The molecule has 0 aliphatic carbocycles. The summed E-state index contributed by atoms with van der Waals surface area (Å²) in [5, 5.41) is 5.13. The van der Waals surface area contributed by atoms with Gasteiger partial charge in [-0.15, -0.1) is 0 Å². The zero-order chi connectivity index (χ0) is 28.2. The second-order valence-electron chi connectivity index (χ2n) is 8.97. The maximum Gasteiger partial charge on any atom is 0.303 e. The summed E-state index contributed by atoms with van der Waals surface area (Å²) < 4.78 is 31.9. The van der Waals surface area contributed by atoms with Crippen LogP contribution in [0.15, 0.2) is 0 Å². The minimum Gasteiger partial charge on any atom is -0.454 e. The first-order chi connectivity index (χ1) is 18.0. The van der Waals surface area contributed by atoms with E-state index in [2.05, 4.69) is 10.6 Å². The minimum absolute atomic E-state index is 0.0663. The Bertz CT molecular complexity index is 796. The fourth-order valence-corrected chi connectivity index (χ4v) is 4.12. The summed E-state index contributed by atoms with van der Waals surface area (Å²) in [6, 6.07) is 0. The summed E-state index contributed by atoms with van der Waals surface area (Å²) in [7, 11) is 0. The third kappa shape index (κ3) is 10.2. The number of carbonyl (C=O) groups is 6. The summed E-state index contributed by atoms with van der Waals surface area (Å²) in [5.74, 6) is -5.54. The number of hydrogen-bond acceptors (Lipinski definition) is 12. The number of hydrogen-bond donors (Lipinski definition) is 2. The van der Waals surface area contributed by atoms with Gasteiger partial charge in [-0.2, -0.15) is 0 Å². The first-order valence-electron chi connectivity index (χ1n) is 12.5. The van der Waals surface area contributed by atoms with E-state index in [0.29, 0.717) is 26.1 Å². The Hall–Kier alpha value is -3.26. The molecule has 0 saturated carbocycles. The molecule has 2 aliphatic rings. The van der Waals surface area contributed by atoms with Gasteiger partial charge in [0.2, 0.25) is 12.2 Å². The van der Waals surface area contributed by atoms with Gasteiger partial charge in [-0.3, -0.25) is 28.8 Å². The van der Waals surface area contributed by atoms with Crippen LogP contribution < -0.4 is 10.6 Å². The van der Waals surface area contributed by atoms with E-state index in [1.165, 1.54) is 0 Å². The topological polar surface area (TPSA) is 182 Å². The molecule has 0 bridgehead atoms. The first kappa shape index (κ1) is 31.0. The molecule has 0 unspecified atom stereocenters. The summed E-state index contributed by atoms with van der Waals surface area (Å²) in [5.41, 5.74) is 0. The molecule has 0 aromatic rings. The number of nitrogens with one attached hydrogen (secondary N) is 2. The molecule has 0 radical (unpaired) electrons. The van der Waals surface area contributed by atoms with Gasteiger partial charge in [0.1, 0.15) is 0 Å². The molecule has 6 atom stereocenters. The average molecular weight is 545 g/mol. The molecule has 214 valence electrons. The van der Waals surface area contributed by atoms with Crippen molar-refractivity contribution in [2.75, 3.05) is 26.3 Å². The predicted octanol–water partition coefficient (Wildman–Crippen LogP) is -0.696. The van der Waals surface area contributed by atoms with Crippen LogP contribution in [0.4, 0.5) is 0 Å². The van der Waals surface area contributed by atoms with Gasteiger partial charge in [-0.05, 0) is 25.7 Å². The lowest BCUT2D eigenvalue weighted by Crippen LogP contribution is -2.59. The van der Waals surface area contributed by atoms with Crippen molar-refractivity contribution < 1.29 is 57.2 Å². The monoisotopic (exact) mass is 544 g/mol. The van der Waals surface area contributed by atoms with E-state index in [1.54, 1.807) is 0 Å². The van der Waals surface area contributed by atoms with Crippen molar-refractivity contribution >= 4 is 35.7 Å². The average Bonchev–Trinajstić information content (AvgIpc) is 3.54. The second kappa shape index (κ2) is 15.2. The maximum absolute atomic E-state index is 13.2. The van der Waals surface area contributed by atoms with Crippen LogP contribution >= 0.6 is 0 Å². The van der Waals surface area contributed by atoms with Crippen molar-refractivity contribution in [3.8, 4) is 0 Å². The molecule has 0 aromatic carbocycles. The van der Waals surface area contributed by atoms with E-state index in [0.717, 1.165) is 40.5 Å². The zero-order valence-electron chi connectivity index (χ0n) is 22.0. The third-order valence-corrected chi connectivity index (χ3v) is 5.68. The molecule has 38 heavy (non-hydrogen) atoms. The largest absolute Gasteiger partial charge is 0.454 e. The Morgan fingerprint density at radius 3 is 1.24 bits per heavy atom. The van der Waals surface area contributed by atoms with Crippen LogP contribution in [0, 0.1) is 0 Å². The van der Waals surface area contributed by atoms with Crippen LogP contribution in [0.1, 0.15) is 53.4 Å². The molecule has 2 saturated heterocycles. The van der Waals surface area contributed by atoms with Gasteiger partial charge in [0.15, 0.2) is 12.2 Å². The van der Waals surface area contributed by atoms with Crippen LogP contribution in [0.25, 0.3) is 0 Å². The number of carbonyl (C=O) groups excluding carboxylic acids is 6. The van der Waals surface area contributed by atoms with Gasteiger partial charge in [0.25, 0.3) is 11.8 Å². The first-order valence-corrected chi connectivity index (χ1v) is 12.5. The van der Waals surface area contributed by atoms with Gasteiger partial charge in [-0.1, -0.05) is 0 Å². The minimum atomic E-state index is -1.87. The molecule has 2 amide bonds. The number of ether oxygens (including phenoxy) is 6. The lowest BCUT2D eigenvalue weighted by molar-refractivity contribution is -0.200. The Balaban J connectivity index is 2.39. The highest BCUT2D eigenvalue weighted by atomic mass is 16.6. The predicted molar refractivity (Wildman–Crippen MR) is 126 cm³/mol. The molecule has 0 aromatic heterocycles. The molecular formula is C24H36N2O12. The molecule has 14 heteroatoms. The molecule has 2 aliphatic heterocycles. The van der Waals surface area contributed by atoms with Crippen molar-refractivity contribution in [2.45, 2.75) is 90.0 Å². The van der Waals surface area contributed by atoms with Crippen LogP contribution in [0.5, 0.6) is 0 Å². The van der Waals surface area contributed by atoms with E-state index in [-0.39, 0.29) is 25.3 Å². The highest BCUT2D eigenvalue weighted by Crippen LogP contribution is 2.21. The second-order valence-corrected chi connectivity index (χ2v) is 8.97. The number of amides is 2. The van der Waals surface area contributed by atoms with Gasteiger partial charge in [-0.25, -0.2) is 0 Å². The van der Waals surface area contributed by atoms with E-state index in [9.17, 15) is 28.8 Å². The summed E-state index contributed by atoms with van der Waals surface area (Å²) in [4.78, 5) is 74.3. The molecule has 0 spiro atoms. The van der Waals surface area contributed by atoms with Crippen LogP contribution in [0.3, 0.4) is 0 Å². The van der Waals surface area contributed by atoms with Crippen molar-refractivity contribution in [2.24, 2.45) is 0 Å². The van der Waals surface area contributed by atoms with E-state index in [4.69, 9.17) is 28.4 Å². The molecule has 2 fully saturated rings. The highest BCUT2D eigenvalue weighted by Gasteiger charge is 2.49. The number of rotatable bonds is 13. The van der Waals surface area contributed by atoms with Gasteiger partial charge >= 0.3 is 23.9 Å². The van der Waals surface area contributed by atoms with Gasteiger partial charge < -0.3 is 39.1 Å². The molecule has 2 N–H and O–H groups in total.